The van der Waals surface area contributed by atoms with Gasteiger partial charge in [0.2, 0.25) is 5.91 Å². The smallest absolute Gasteiger partial charge is 0.408 e. The molecule has 0 radical (unpaired) electrons. The minimum atomic E-state index is -0.931. The van der Waals surface area contributed by atoms with Crippen molar-refractivity contribution in [3.63, 3.8) is 0 Å². The predicted molar refractivity (Wildman–Crippen MR) is 114 cm³/mol. The Kier molecular flexibility index (Phi) is 8.81. The Balaban J connectivity index is 3.00. The second-order valence-corrected chi connectivity index (χ2v) is 9.52. The second kappa shape index (κ2) is 10.4. The van der Waals surface area contributed by atoms with E-state index in [9.17, 15) is 14.4 Å². The van der Waals surface area contributed by atoms with Crippen molar-refractivity contribution >= 4 is 18.0 Å². The zero-order chi connectivity index (χ0) is 23.1. The van der Waals surface area contributed by atoms with Crippen LogP contribution in [0.15, 0.2) is 18.2 Å². The Morgan fingerprint density at radius 3 is 2.17 bits per heavy atom. The highest BCUT2D eigenvalue weighted by molar-refractivity contribution is 5.89. The van der Waals surface area contributed by atoms with Crippen LogP contribution < -0.4 is 10.6 Å². The maximum atomic E-state index is 13.0. The quantitative estimate of drug-likeness (QED) is 0.656. The summed E-state index contributed by atoms with van der Waals surface area (Å²) in [5.74, 6) is -1.07. The van der Waals surface area contributed by atoms with Crippen molar-refractivity contribution in [2.24, 2.45) is 5.41 Å². The highest BCUT2D eigenvalue weighted by Crippen LogP contribution is 2.21. The van der Waals surface area contributed by atoms with Crippen molar-refractivity contribution in [2.75, 3.05) is 7.11 Å². The van der Waals surface area contributed by atoms with Gasteiger partial charge in [0.25, 0.3) is 0 Å². The molecule has 0 saturated heterocycles. The standard InChI is InChI=1S/C22H35N3O5/c1-14-10-9-11-15(23-14)12-16(19(27)29-8)24-18(26)17(13-21(2,3)4)25-20(28)30-22(5,6)7/h9-11,16-17H,12-13H2,1-8H3,(H,24,26)(H,25,28)/t16-,17+/m0/s1. The average Bonchev–Trinajstić information content (AvgIpc) is 2.57. The van der Waals surface area contributed by atoms with Crippen LogP contribution in [0.4, 0.5) is 4.79 Å². The Morgan fingerprint density at radius 1 is 1.03 bits per heavy atom. The molecule has 0 aliphatic carbocycles. The first kappa shape index (κ1) is 25.4. The van der Waals surface area contributed by atoms with Gasteiger partial charge in [0.15, 0.2) is 0 Å². The van der Waals surface area contributed by atoms with Crippen LogP contribution in [-0.4, -0.2) is 47.7 Å². The van der Waals surface area contributed by atoms with Gasteiger partial charge < -0.3 is 20.1 Å². The molecule has 1 aromatic heterocycles. The Bertz CT molecular complexity index is 750. The minimum absolute atomic E-state index is 0.175. The molecule has 0 aliphatic heterocycles. The first-order chi connectivity index (χ1) is 13.7. The van der Waals surface area contributed by atoms with E-state index in [1.807, 2.05) is 39.8 Å². The lowest BCUT2D eigenvalue weighted by Crippen LogP contribution is -2.54. The van der Waals surface area contributed by atoms with Gasteiger partial charge in [-0.2, -0.15) is 0 Å². The fourth-order valence-corrected chi connectivity index (χ4v) is 2.80. The molecule has 0 unspecified atom stereocenters. The lowest BCUT2D eigenvalue weighted by atomic mass is 9.87. The predicted octanol–water partition coefficient (Wildman–Crippen LogP) is 2.92. The topological polar surface area (TPSA) is 107 Å². The molecule has 0 aliphatic rings. The average molecular weight is 422 g/mol. The van der Waals surface area contributed by atoms with E-state index in [-0.39, 0.29) is 11.8 Å². The second-order valence-electron chi connectivity index (χ2n) is 9.52. The van der Waals surface area contributed by atoms with Gasteiger partial charge in [0.05, 0.1) is 7.11 Å². The Labute approximate surface area is 179 Å². The first-order valence-corrected chi connectivity index (χ1v) is 10.0. The molecule has 0 bridgehead atoms. The van der Waals surface area contributed by atoms with E-state index in [0.717, 1.165) is 5.69 Å². The van der Waals surface area contributed by atoms with Crippen molar-refractivity contribution in [2.45, 2.75) is 79.0 Å². The number of hydrogen-bond donors (Lipinski definition) is 2. The third kappa shape index (κ3) is 9.71. The monoisotopic (exact) mass is 421 g/mol. The molecule has 2 atom stereocenters. The highest BCUT2D eigenvalue weighted by atomic mass is 16.6. The molecular weight excluding hydrogens is 386 g/mol. The van der Waals surface area contributed by atoms with Crippen LogP contribution in [0.1, 0.15) is 59.4 Å². The van der Waals surface area contributed by atoms with Crippen molar-refractivity contribution in [3.8, 4) is 0 Å². The number of aromatic nitrogens is 1. The summed E-state index contributed by atoms with van der Waals surface area (Å²) in [6.45, 7) is 12.9. The van der Waals surface area contributed by atoms with Crippen molar-refractivity contribution in [3.05, 3.63) is 29.6 Å². The molecule has 30 heavy (non-hydrogen) atoms. The first-order valence-electron chi connectivity index (χ1n) is 10.0. The van der Waals surface area contributed by atoms with E-state index in [2.05, 4.69) is 15.6 Å². The van der Waals surface area contributed by atoms with E-state index >= 15 is 0 Å². The summed E-state index contributed by atoms with van der Waals surface area (Å²) in [6.07, 6.45) is -0.162. The number of nitrogens with zero attached hydrogens (tertiary/aromatic N) is 1. The molecule has 0 aromatic carbocycles. The molecule has 8 nitrogen and oxygen atoms in total. The van der Waals surface area contributed by atoms with Crippen LogP contribution in [0.2, 0.25) is 0 Å². The van der Waals surface area contributed by atoms with Gasteiger partial charge in [0.1, 0.15) is 17.7 Å². The highest BCUT2D eigenvalue weighted by Gasteiger charge is 2.32. The lowest BCUT2D eigenvalue weighted by Gasteiger charge is -2.28. The van der Waals surface area contributed by atoms with E-state index < -0.39 is 35.7 Å². The molecule has 0 spiro atoms. The van der Waals surface area contributed by atoms with Gasteiger partial charge in [-0.3, -0.25) is 9.78 Å². The summed E-state index contributed by atoms with van der Waals surface area (Å²) in [4.78, 5) is 41.9. The SMILES string of the molecule is COC(=O)[C@H](Cc1cccc(C)n1)NC(=O)[C@@H](CC(C)(C)C)NC(=O)OC(C)(C)C. The number of amides is 2. The van der Waals surface area contributed by atoms with Crippen LogP contribution in [0.3, 0.4) is 0 Å². The lowest BCUT2D eigenvalue weighted by molar-refractivity contribution is -0.145. The molecule has 8 heteroatoms. The van der Waals surface area contributed by atoms with Crippen LogP contribution in [0, 0.1) is 12.3 Å². The van der Waals surface area contributed by atoms with E-state index in [1.165, 1.54) is 7.11 Å². The maximum Gasteiger partial charge on any atom is 0.408 e. The molecule has 2 N–H and O–H groups in total. The zero-order valence-corrected chi connectivity index (χ0v) is 19.3. The summed E-state index contributed by atoms with van der Waals surface area (Å²) >= 11 is 0. The van der Waals surface area contributed by atoms with E-state index in [0.29, 0.717) is 12.1 Å². The molecular formula is C22H35N3O5. The fourth-order valence-electron chi connectivity index (χ4n) is 2.80. The number of carbonyl (C=O) groups excluding carboxylic acids is 3. The zero-order valence-electron chi connectivity index (χ0n) is 19.3. The van der Waals surface area contributed by atoms with E-state index in [4.69, 9.17) is 9.47 Å². The summed E-state index contributed by atoms with van der Waals surface area (Å²) in [5, 5.41) is 5.33. The number of rotatable bonds is 7. The van der Waals surface area contributed by atoms with Crippen LogP contribution in [-0.2, 0) is 25.5 Å². The largest absolute Gasteiger partial charge is 0.467 e. The number of methoxy groups -OCH3 is 1. The number of aryl methyl sites for hydroxylation is 1. The maximum absolute atomic E-state index is 13.0. The number of pyridine rings is 1. The molecule has 0 fully saturated rings. The minimum Gasteiger partial charge on any atom is -0.467 e. The van der Waals surface area contributed by atoms with Gasteiger partial charge in [-0.15, -0.1) is 0 Å². The molecule has 2 amide bonds. The van der Waals surface area contributed by atoms with Crippen molar-refractivity contribution in [1.29, 1.82) is 0 Å². The molecule has 1 heterocycles. The molecule has 168 valence electrons. The van der Waals surface area contributed by atoms with Gasteiger partial charge in [-0.05, 0) is 51.7 Å². The number of alkyl carbamates (subject to hydrolysis) is 1. The van der Waals surface area contributed by atoms with Crippen LogP contribution in [0.25, 0.3) is 0 Å². The van der Waals surface area contributed by atoms with Crippen LogP contribution in [0.5, 0.6) is 0 Å². The summed E-state index contributed by atoms with van der Waals surface area (Å²) in [7, 11) is 1.26. The van der Waals surface area contributed by atoms with Crippen LogP contribution >= 0.6 is 0 Å². The van der Waals surface area contributed by atoms with E-state index in [1.54, 1.807) is 26.8 Å². The Morgan fingerprint density at radius 2 is 1.67 bits per heavy atom. The number of ether oxygens (including phenoxy) is 2. The third-order valence-electron chi connectivity index (χ3n) is 3.99. The fraction of sp³-hybridized carbons (Fsp3) is 0.636. The number of nitrogens with one attached hydrogen (secondary N) is 2. The summed E-state index contributed by atoms with van der Waals surface area (Å²) in [6, 6.07) is 3.65. The summed E-state index contributed by atoms with van der Waals surface area (Å²) in [5.41, 5.74) is 0.506. The molecule has 0 saturated carbocycles. The number of hydrogen-bond acceptors (Lipinski definition) is 6. The molecule has 1 rings (SSSR count). The van der Waals surface area contributed by atoms with Crippen molar-refractivity contribution < 1.29 is 23.9 Å². The third-order valence-corrected chi connectivity index (χ3v) is 3.99. The Hall–Kier alpha value is -2.64. The van der Waals surface area contributed by atoms with Gasteiger partial charge in [0, 0.05) is 17.8 Å². The van der Waals surface area contributed by atoms with Gasteiger partial charge in [-0.1, -0.05) is 26.8 Å². The number of esters is 1. The van der Waals surface area contributed by atoms with Gasteiger partial charge in [-0.25, -0.2) is 9.59 Å². The summed E-state index contributed by atoms with van der Waals surface area (Å²) < 4.78 is 10.1. The van der Waals surface area contributed by atoms with Crippen molar-refractivity contribution in [1.82, 2.24) is 15.6 Å². The number of carbonyl (C=O) groups is 3. The van der Waals surface area contributed by atoms with Gasteiger partial charge >= 0.3 is 12.1 Å². The normalized spacial score (nSPS) is 13.7. The molecule has 1 aromatic rings.